The van der Waals surface area contributed by atoms with E-state index in [-0.39, 0.29) is 5.75 Å². The van der Waals surface area contributed by atoms with Gasteiger partial charge in [-0.05, 0) is 47.9 Å². The molecule has 4 heteroatoms. The van der Waals surface area contributed by atoms with Crippen molar-refractivity contribution >= 4 is 0 Å². The lowest BCUT2D eigenvalue weighted by molar-refractivity contribution is 0.218. The van der Waals surface area contributed by atoms with Gasteiger partial charge < -0.3 is 14.6 Å². The molecule has 0 bridgehead atoms. The van der Waals surface area contributed by atoms with E-state index in [9.17, 15) is 9.50 Å². The summed E-state index contributed by atoms with van der Waals surface area (Å²) in [4.78, 5) is 0. The molecule has 0 heterocycles. The molecule has 0 aromatic heterocycles. The second-order valence-corrected chi connectivity index (χ2v) is 4.52. The summed E-state index contributed by atoms with van der Waals surface area (Å²) in [5.41, 5.74) is 2.23. The molecule has 2 aromatic carbocycles. The smallest absolute Gasteiger partial charge is 0.165 e. The molecular formula is C16H17FO3. The number of aryl methyl sites for hydroxylation is 1. The van der Waals surface area contributed by atoms with E-state index in [4.69, 9.17) is 9.47 Å². The first-order chi connectivity index (χ1) is 9.56. The van der Waals surface area contributed by atoms with Gasteiger partial charge in [0.05, 0.1) is 14.2 Å². The fourth-order valence-electron chi connectivity index (χ4n) is 2.11. The van der Waals surface area contributed by atoms with Crippen LogP contribution < -0.4 is 9.47 Å². The van der Waals surface area contributed by atoms with Gasteiger partial charge in [0, 0.05) is 0 Å². The van der Waals surface area contributed by atoms with E-state index in [2.05, 4.69) is 0 Å². The second kappa shape index (κ2) is 5.92. The van der Waals surface area contributed by atoms with Crippen molar-refractivity contribution in [3.05, 3.63) is 58.9 Å². The van der Waals surface area contributed by atoms with Gasteiger partial charge in [0.15, 0.2) is 11.6 Å². The zero-order valence-electron chi connectivity index (χ0n) is 11.7. The number of ether oxygens (including phenoxy) is 2. The quantitative estimate of drug-likeness (QED) is 0.931. The van der Waals surface area contributed by atoms with Crippen LogP contribution in [0.25, 0.3) is 0 Å². The summed E-state index contributed by atoms with van der Waals surface area (Å²) in [6.07, 6.45) is -0.838. The van der Waals surface area contributed by atoms with Crippen molar-refractivity contribution in [3.63, 3.8) is 0 Å². The summed E-state index contributed by atoms with van der Waals surface area (Å²) in [6, 6.07) is 9.77. The van der Waals surface area contributed by atoms with Crippen molar-refractivity contribution in [2.24, 2.45) is 0 Å². The zero-order chi connectivity index (χ0) is 14.7. The first kappa shape index (κ1) is 14.3. The first-order valence-corrected chi connectivity index (χ1v) is 6.23. The maximum absolute atomic E-state index is 13.4. The van der Waals surface area contributed by atoms with E-state index in [1.54, 1.807) is 25.3 Å². The van der Waals surface area contributed by atoms with Gasteiger partial charge in [-0.25, -0.2) is 4.39 Å². The van der Waals surface area contributed by atoms with Gasteiger partial charge in [-0.3, -0.25) is 0 Å². The van der Waals surface area contributed by atoms with E-state index >= 15 is 0 Å². The largest absolute Gasteiger partial charge is 0.497 e. The van der Waals surface area contributed by atoms with Crippen molar-refractivity contribution in [1.82, 2.24) is 0 Å². The molecule has 2 rings (SSSR count). The fraction of sp³-hybridized carbons (Fsp3) is 0.250. The van der Waals surface area contributed by atoms with Crippen LogP contribution in [0.15, 0.2) is 36.4 Å². The molecule has 0 aliphatic rings. The van der Waals surface area contributed by atoms with E-state index in [1.165, 1.54) is 19.2 Å². The maximum Gasteiger partial charge on any atom is 0.165 e. The van der Waals surface area contributed by atoms with Gasteiger partial charge in [-0.1, -0.05) is 12.1 Å². The van der Waals surface area contributed by atoms with Gasteiger partial charge in [-0.15, -0.1) is 0 Å². The molecule has 0 saturated carbocycles. The number of rotatable bonds is 4. The predicted molar refractivity (Wildman–Crippen MR) is 74.7 cm³/mol. The number of methoxy groups -OCH3 is 2. The Balaban J connectivity index is 2.38. The molecule has 0 fully saturated rings. The minimum Gasteiger partial charge on any atom is -0.497 e. The summed E-state index contributed by atoms with van der Waals surface area (Å²) in [7, 11) is 2.99. The van der Waals surface area contributed by atoms with E-state index < -0.39 is 11.9 Å². The molecule has 0 amide bonds. The molecule has 106 valence electrons. The minimum atomic E-state index is -0.838. The summed E-state index contributed by atoms with van der Waals surface area (Å²) < 4.78 is 23.5. The second-order valence-electron chi connectivity index (χ2n) is 4.52. The maximum atomic E-state index is 13.4. The highest BCUT2D eigenvalue weighted by atomic mass is 19.1. The highest BCUT2D eigenvalue weighted by molar-refractivity contribution is 5.42. The predicted octanol–water partition coefficient (Wildman–Crippen LogP) is 3.23. The molecule has 0 aliphatic heterocycles. The topological polar surface area (TPSA) is 38.7 Å². The Kier molecular flexibility index (Phi) is 4.25. The normalized spacial score (nSPS) is 12.1. The van der Waals surface area contributed by atoms with Gasteiger partial charge in [-0.2, -0.15) is 0 Å². The molecule has 3 nitrogen and oxygen atoms in total. The third kappa shape index (κ3) is 2.75. The number of hydrogen-bond donors (Lipinski definition) is 1. The van der Waals surface area contributed by atoms with Crippen molar-refractivity contribution in [3.8, 4) is 11.5 Å². The molecule has 1 N–H and O–H groups in total. The highest BCUT2D eigenvalue weighted by Gasteiger charge is 2.15. The Morgan fingerprint density at radius 3 is 2.40 bits per heavy atom. The molecule has 0 spiro atoms. The minimum absolute atomic E-state index is 0.118. The summed E-state index contributed by atoms with van der Waals surface area (Å²) >= 11 is 0. The van der Waals surface area contributed by atoms with Crippen LogP contribution in [0.3, 0.4) is 0 Å². The molecule has 0 saturated heterocycles. The number of aliphatic hydroxyl groups excluding tert-OH is 1. The Morgan fingerprint density at radius 2 is 1.80 bits per heavy atom. The van der Waals surface area contributed by atoms with Gasteiger partial charge in [0.25, 0.3) is 0 Å². The van der Waals surface area contributed by atoms with Gasteiger partial charge >= 0.3 is 0 Å². The molecule has 0 radical (unpaired) electrons. The number of benzene rings is 2. The van der Waals surface area contributed by atoms with Crippen molar-refractivity contribution < 1.29 is 19.0 Å². The van der Waals surface area contributed by atoms with Crippen molar-refractivity contribution in [1.29, 1.82) is 0 Å². The molecule has 0 aliphatic carbocycles. The Morgan fingerprint density at radius 1 is 1.05 bits per heavy atom. The molecule has 2 aromatic rings. The number of halogens is 1. The highest BCUT2D eigenvalue weighted by Crippen LogP contribution is 2.30. The molecule has 1 unspecified atom stereocenters. The van der Waals surface area contributed by atoms with Crippen LogP contribution >= 0.6 is 0 Å². The van der Waals surface area contributed by atoms with Gasteiger partial charge in [0.2, 0.25) is 0 Å². The van der Waals surface area contributed by atoms with Crippen LogP contribution in [0.4, 0.5) is 4.39 Å². The lowest BCUT2D eigenvalue weighted by Gasteiger charge is -2.16. The van der Waals surface area contributed by atoms with E-state index in [0.29, 0.717) is 5.56 Å². The summed E-state index contributed by atoms with van der Waals surface area (Å²) in [6.45, 7) is 1.89. The standard InChI is InChI=1S/C16H17FO3/c1-10-8-12(19-2)5-6-13(10)16(18)11-4-7-14(17)15(9-11)20-3/h4-9,16,18H,1-3H3. The molecule has 1 atom stereocenters. The van der Waals surface area contributed by atoms with Crippen molar-refractivity contribution in [2.75, 3.05) is 14.2 Å². The third-order valence-electron chi connectivity index (χ3n) is 3.26. The lowest BCUT2D eigenvalue weighted by Crippen LogP contribution is -2.03. The van der Waals surface area contributed by atoms with Crippen LogP contribution in [-0.2, 0) is 0 Å². The third-order valence-corrected chi connectivity index (χ3v) is 3.26. The first-order valence-electron chi connectivity index (χ1n) is 6.23. The average molecular weight is 276 g/mol. The molecule has 20 heavy (non-hydrogen) atoms. The van der Waals surface area contributed by atoms with Crippen LogP contribution in [0.2, 0.25) is 0 Å². The number of aliphatic hydroxyl groups is 1. The van der Waals surface area contributed by atoms with Crippen LogP contribution in [0.5, 0.6) is 11.5 Å². The van der Waals surface area contributed by atoms with Gasteiger partial charge in [0.1, 0.15) is 11.9 Å². The van der Waals surface area contributed by atoms with Crippen molar-refractivity contribution in [2.45, 2.75) is 13.0 Å². The average Bonchev–Trinajstić information content (AvgIpc) is 2.47. The Hall–Kier alpha value is -2.07. The Bertz CT molecular complexity index is 611. The zero-order valence-corrected chi connectivity index (χ0v) is 11.7. The van der Waals surface area contributed by atoms with E-state index in [0.717, 1.165) is 16.9 Å². The van der Waals surface area contributed by atoms with Crippen LogP contribution in [0, 0.1) is 12.7 Å². The molecular weight excluding hydrogens is 259 g/mol. The Labute approximate surface area is 117 Å². The fourth-order valence-corrected chi connectivity index (χ4v) is 2.11. The summed E-state index contributed by atoms with van der Waals surface area (Å²) in [5, 5.41) is 10.4. The van der Waals surface area contributed by atoms with E-state index in [1.807, 2.05) is 13.0 Å². The lowest BCUT2D eigenvalue weighted by atomic mass is 9.97. The van der Waals surface area contributed by atoms with Crippen LogP contribution in [0.1, 0.15) is 22.8 Å². The van der Waals surface area contributed by atoms with Crippen LogP contribution in [-0.4, -0.2) is 19.3 Å². The summed E-state index contributed by atoms with van der Waals surface area (Å²) in [5.74, 6) is 0.401. The monoisotopic (exact) mass is 276 g/mol. The number of hydrogen-bond acceptors (Lipinski definition) is 3. The SMILES string of the molecule is COc1ccc(C(O)c2ccc(F)c(OC)c2)c(C)c1.